The van der Waals surface area contributed by atoms with E-state index in [1.165, 1.54) is 7.11 Å². The van der Waals surface area contributed by atoms with Gasteiger partial charge in [0.05, 0.1) is 20.3 Å². The van der Waals surface area contributed by atoms with E-state index in [1.54, 1.807) is 0 Å². The van der Waals surface area contributed by atoms with Crippen LogP contribution in [-0.2, 0) is 4.74 Å². The molecule has 5 nitrogen and oxygen atoms in total. The highest BCUT2D eigenvalue weighted by Gasteiger charge is 2.11. The zero-order valence-electron chi connectivity index (χ0n) is 5.48. The standard InChI is InChI=1S/C4H9NO4S/c1-9-4(7)5(10-8)2-3-6/h6,8H,2-3H2,1H3. The molecule has 0 fully saturated rings. The summed E-state index contributed by atoms with van der Waals surface area (Å²) in [5.41, 5.74) is 0. The Labute approximate surface area is 62.9 Å². The number of nitrogens with zero attached hydrogens (tertiary/aromatic N) is 1. The molecule has 1 amide bonds. The molecule has 0 radical (unpaired) electrons. The third-order valence-corrected chi connectivity index (χ3v) is 1.31. The highest BCUT2D eigenvalue weighted by atomic mass is 32.2. The van der Waals surface area contributed by atoms with Gasteiger partial charge in [-0.25, -0.2) is 9.10 Å². The number of methoxy groups -OCH3 is 1. The second-order valence-corrected chi connectivity index (χ2v) is 1.98. The summed E-state index contributed by atoms with van der Waals surface area (Å²) in [5, 5.41) is 8.34. The van der Waals surface area contributed by atoms with Crippen molar-refractivity contribution in [3.8, 4) is 0 Å². The molecule has 0 aliphatic heterocycles. The van der Waals surface area contributed by atoms with E-state index >= 15 is 0 Å². The highest BCUT2D eigenvalue weighted by Crippen LogP contribution is 2.04. The van der Waals surface area contributed by atoms with Crippen molar-refractivity contribution in [2.24, 2.45) is 0 Å². The maximum absolute atomic E-state index is 10.5. The molecule has 0 atom stereocenters. The van der Waals surface area contributed by atoms with Gasteiger partial charge in [-0.2, -0.15) is 0 Å². The van der Waals surface area contributed by atoms with Crippen molar-refractivity contribution in [2.45, 2.75) is 0 Å². The van der Waals surface area contributed by atoms with Crippen molar-refractivity contribution in [1.82, 2.24) is 4.31 Å². The molecule has 0 rings (SSSR count). The predicted molar refractivity (Wildman–Crippen MR) is 36.4 cm³/mol. The van der Waals surface area contributed by atoms with Gasteiger partial charge in [-0.15, -0.1) is 0 Å². The lowest BCUT2D eigenvalue weighted by Crippen LogP contribution is -2.26. The zero-order chi connectivity index (χ0) is 7.98. The zero-order valence-corrected chi connectivity index (χ0v) is 6.30. The summed E-state index contributed by atoms with van der Waals surface area (Å²) in [7, 11) is 1.20. The van der Waals surface area contributed by atoms with Gasteiger partial charge in [0.15, 0.2) is 0 Å². The van der Waals surface area contributed by atoms with E-state index in [-0.39, 0.29) is 25.4 Å². The molecule has 0 saturated carbocycles. The number of ether oxygens (including phenoxy) is 1. The number of carbonyl (C=O) groups excluding carboxylic acids is 1. The van der Waals surface area contributed by atoms with Gasteiger partial charge >= 0.3 is 6.09 Å². The Balaban J connectivity index is 3.68. The van der Waals surface area contributed by atoms with Crippen LogP contribution in [0, 0.1) is 0 Å². The third-order valence-electron chi connectivity index (χ3n) is 0.780. The first kappa shape index (κ1) is 9.54. The first-order chi connectivity index (χ1) is 4.76. The Morgan fingerprint density at radius 2 is 2.40 bits per heavy atom. The highest BCUT2D eigenvalue weighted by molar-refractivity contribution is 7.91. The summed E-state index contributed by atoms with van der Waals surface area (Å²) in [4.78, 5) is 10.5. The lowest BCUT2D eigenvalue weighted by atomic mass is 10.7. The summed E-state index contributed by atoms with van der Waals surface area (Å²) in [6.07, 6.45) is -0.679. The van der Waals surface area contributed by atoms with Gasteiger partial charge < -0.3 is 14.4 Å². The third kappa shape index (κ3) is 2.90. The van der Waals surface area contributed by atoms with Crippen LogP contribution in [-0.4, -0.2) is 40.3 Å². The van der Waals surface area contributed by atoms with E-state index in [1.807, 2.05) is 0 Å². The van der Waals surface area contributed by atoms with Gasteiger partial charge in [0.2, 0.25) is 0 Å². The SMILES string of the molecule is COC(=O)N(CCO)SO. The van der Waals surface area contributed by atoms with E-state index in [0.29, 0.717) is 0 Å². The summed E-state index contributed by atoms with van der Waals surface area (Å²) >= 11 is 0.226. The van der Waals surface area contributed by atoms with Crippen molar-refractivity contribution in [3.63, 3.8) is 0 Å². The fourth-order valence-electron chi connectivity index (χ4n) is 0.358. The van der Waals surface area contributed by atoms with Crippen molar-refractivity contribution >= 4 is 18.3 Å². The van der Waals surface area contributed by atoms with Crippen LogP contribution in [0.1, 0.15) is 0 Å². The fourth-order valence-corrected chi connectivity index (χ4v) is 0.663. The Kier molecular flexibility index (Phi) is 5.09. The molecule has 0 aromatic heterocycles. The Morgan fingerprint density at radius 1 is 1.80 bits per heavy atom. The van der Waals surface area contributed by atoms with E-state index in [2.05, 4.69) is 4.74 Å². The Bertz CT molecular complexity index is 109. The van der Waals surface area contributed by atoms with Crippen LogP contribution in [0.3, 0.4) is 0 Å². The molecular formula is C4H9NO4S. The van der Waals surface area contributed by atoms with Crippen LogP contribution in [0.5, 0.6) is 0 Å². The molecule has 0 bridgehead atoms. The van der Waals surface area contributed by atoms with E-state index in [4.69, 9.17) is 9.66 Å². The lowest BCUT2D eigenvalue weighted by molar-refractivity contribution is 0.143. The average molecular weight is 167 g/mol. The molecule has 0 heterocycles. The van der Waals surface area contributed by atoms with E-state index in [0.717, 1.165) is 4.31 Å². The molecule has 60 valence electrons. The Morgan fingerprint density at radius 3 is 2.70 bits per heavy atom. The number of amides is 1. The summed E-state index contributed by atoms with van der Waals surface area (Å²) in [6.45, 7) is -0.156. The molecule has 10 heavy (non-hydrogen) atoms. The number of hydrogen-bond donors (Lipinski definition) is 2. The maximum atomic E-state index is 10.5. The van der Waals surface area contributed by atoms with Gasteiger partial charge in [-0.05, 0) is 0 Å². The molecular weight excluding hydrogens is 158 g/mol. The molecule has 2 N–H and O–H groups in total. The second kappa shape index (κ2) is 5.33. The Hall–Kier alpha value is -0.460. The summed E-state index contributed by atoms with van der Waals surface area (Å²) in [6, 6.07) is 0. The smallest absolute Gasteiger partial charge is 0.421 e. The number of aliphatic hydroxyl groups is 1. The topological polar surface area (TPSA) is 70.0 Å². The lowest BCUT2D eigenvalue weighted by Gasteiger charge is -2.13. The van der Waals surface area contributed by atoms with Crippen LogP contribution in [0.2, 0.25) is 0 Å². The maximum Gasteiger partial charge on any atom is 0.421 e. The van der Waals surface area contributed by atoms with Crippen molar-refractivity contribution in [1.29, 1.82) is 0 Å². The minimum absolute atomic E-state index is 0.0494. The van der Waals surface area contributed by atoms with Gasteiger partial charge in [0.1, 0.15) is 12.2 Å². The molecule has 0 saturated heterocycles. The molecule has 0 aromatic carbocycles. The van der Waals surface area contributed by atoms with Gasteiger partial charge in [0.25, 0.3) is 0 Å². The molecule has 0 spiro atoms. The predicted octanol–water partition coefficient (Wildman–Crippen LogP) is 0.168. The van der Waals surface area contributed by atoms with Gasteiger partial charge in [-0.3, -0.25) is 0 Å². The normalized spacial score (nSPS) is 9.10. The van der Waals surface area contributed by atoms with Crippen molar-refractivity contribution in [3.05, 3.63) is 0 Å². The molecule has 0 aliphatic carbocycles. The number of carbonyl (C=O) groups is 1. The van der Waals surface area contributed by atoms with Gasteiger partial charge in [0, 0.05) is 0 Å². The van der Waals surface area contributed by atoms with Crippen LogP contribution >= 0.6 is 12.2 Å². The summed E-state index contributed by atoms with van der Waals surface area (Å²) < 4.78 is 13.5. The van der Waals surface area contributed by atoms with Crippen LogP contribution in [0.15, 0.2) is 0 Å². The molecule has 0 aliphatic rings. The number of rotatable bonds is 3. The monoisotopic (exact) mass is 167 g/mol. The van der Waals surface area contributed by atoms with Crippen molar-refractivity contribution in [2.75, 3.05) is 20.3 Å². The van der Waals surface area contributed by atoms with Crippen molar-refractivity contribution < 1.29 is 19.2 Å². The molecule has 0 aromatic rings. The van der Waals surface area contributed by atoms with E-state index in [9.17, 15) is 4.79 Å². The first-order valence-electron chi connectivity index (χ1n) is 2.54. The number of aliphatic hydroxyl groups excluding tert-OH is 1. The second-order valence-electron chi connectivity index (χ2n) is 1.38. The minimum Gasteiger partial charge on any atom is -0.452 e. The average Bonchev–Trinajstić information content (AvgIpc) is 1.99. The largest absolute Gasteiger partial charge is 0.452 e. The quantitative estimate of drug-likeness (QED) is 0.463. The fraction of sp³-hybridized carbons (Fsp3) is 0.750. The minimum atomic E-state index is -0.679. The van der Waals surface area contributed by atoms with Gasteiger partial charge in [-0.1, -0.05) is 0 Å². The molecule has 6 heteroatoms. The first-order valence-corrected chi connectivity index (χ1v) is 3.27. The van der Waals surface area contributed by atoms with E-state index < -0.39 is 6.09 Å². The van der Waals surface area contributed by atoms with Crippen LogP contribution in [0.25, 0.3) is 0 Å². The van der Waals surface area contributed by atoms with Crippen LogP contribution < -0.4 is 0 Å². The van der Waals surface area contributed by atoms with Crippen LogP contribution in [0.4, 0.5) is 4.79 Å². The molecule has 0 unspecified atom stereocenters. The summed E-state index contributed by atoms with van der Waals surface area (Å²) in [5.74, 6) is 0. The number of hydrogen-bond acceptors (Lipinski definition) is 5.